The van der Waals surface area contributed by atoms with Crippen LogP contribution in [0.2, 0.25) is 0 Å². The van der Waals surface area contributed by atoms with E-state index in [1.807, 2.05) is 54.8 Å². The molecule has 0 aromatic heterocycles. The van der Waals surface area contributed by atoms with Gasteiger partial charge < -0.3 is 14.5 Å². The molecule has 0 spiro atoms. The summed E-state index contributed by atoms with van der Waals surface area (Å²) in [6, 6.07) is 7.68. The van der Waals surface area contributed by atoms with Crippen molar-refractivity contribution < 1.29 is 14.3 Å². The van der Waals surface area contributed by atoms with E-state index >= 15 is 0 Å². The average molecular weight is 318 g/mol. The molecule has 1 saturated heterocycles. The summed E-state index contributed by atoms with van der Waals surface area (Å²) in [5.74, 6) is 1.10. The molecule has 5 heteroatoms. The molecule has 1 aliphatic heterocycles. The van der Waals surface area contributed by atoms with Crippen molar-refractivity contribution >= 4 is 11.8 Å². The van der Waals surface area contributed by atoms with E-state index in [9.17, 15) is 9.59 Å². The summed E-state index contributed by atoms with van der Waals surface area (Å²) < 4.78 is 5.60. The highest BCUT2D eigenvalue weighted by Crippen LogP contribution is 2.15. The standard InChI is InChI=1S/C18H26N2O3/c1-4-17(21)19-9-11-20(12-10-19)18(22)13-15-5-7-16(8-6-15)23-14(2)3/h5-8,14H,4,9-13H2,1-3H3. The lowest BCUT2D eigenvalue weighted by Gasteiger charge is -2.34. The van der Waals surface area contributed by atoms with Crippen LogP contribution >= 0.6 is 0 Å². The third-order valence-electron chi connectivity index (χ3n) is 3.94. The van der Waals surface area contributed by atoms with E-state index < -0.39 is 0 Å². The van der Waals surface area contributed by atoms with Gasteiger partial charge in [0.15, 0.2) is 0 Å². The van der Waals surface area contributed by atoms with E-state index in [0.717, 1.165) is 11.3 Å². The van der Waals surface area contributed by atoms with Gasteiger partial charge in [-0.25, -0.2) is 0 Å². The average Bonchev–Trinajstić information content (AvgIpc) is 2.55. The van der Waals surface area contributed by atoms with Gasteiger partial charge in [-0.3, -0.25) is 9.59 Å². The van der Waals surface area contributed by atoms with Crippen molar-refractivity contribution in [2.75, 3.05) is 26.2 Å². The van der Waals surface area contributed by atoms with Gasteiger partial charge in [-0.1, -0.05) is 19.1 Å². The Hall–Kier alpha value is -2.04. The molecule has 1 fully saturated rings. The lowest BCUT2D eigenvalue weighted by Crippen LogP contribution is -2.50. The molecule has 0 bridgehead atoms. The fourth-order valence-electron chi connectivity index (χ4n) is 2.67. The maximum atomic E-state index is 12.4. The number of carbonyl (C=O) groups excluding carboxylic acids is 2. The minimum absolute atomic E-state index is 0.117. The number of benzene rings is 1. The van der Waals surface area contributed by atoms with Crippen molar-refractivity contribution in [1.82, 2.24) is 9.80 Å². The van der Waals surface area contributed by atoms with Crippen LogP contribution in [0.25, 0.3) is 0 Å². The van der Waals surface area contributed by atoms with Gasteiger partial charge >= 0.3 is 0 Å². The molecule has 2 rings (SSSR count). The zero-order valence-electron chi connectivity index (χ0n) is 14.2. The van der Waals surface area contributed by atoms with Crippen molar-refractivity contribution in [3.8, 4) is 5.75 Å². The van der Waals surface area contributed by atoms with Crippen molar-refractivity contribution in [2.45, 2.75) is 39.7 Å². The van der Waals surface area contributed by atoms with Gasteiger partial charge in [0.1, 0.15) is 5.75 Å². The molecule has 1 aromatic rings. The van der Waals surface area contributed by atoms with Crippen LogP contribution in [0.4, 0.5) is 0 Å². The second kappa shape index (κ2) is 7.99. The number of rotatable bonds is 5. The van der Waals surface area contributed by atoms with Crippen LogP contribution in [0.15, 0.2) is 24.3 Å². The molecule has 0 aliphatic carbocycles. The molecule has 0 N–H and O–H groups in total. The molecular weight excluding hydrogens is 292 g/mol. The monoisotopic (exact) mass is 318 g/mol. The van der Waals surface area contributed by atoms with Crippen molar-refractivity contribution in [1.29, 1.82) is 0 Å². The third-order valence-corrected chi connectivity index (χ3v) is 3.94. The van der Waals surface area contributed by atoms with E-state index in [4.69, 9.17) is 4.74 Å². The Labute approximate surface area is 138 Å². The normalized spacial score (nSPS) is 15.0. The predicted octanol–water partition coefficient (Wildman–Crippen LogP) is 2.10. The van der Waals surface area contributed by atoms with Crippen LogP contribution in [0, 0.1) is 0 Å². The largest absolute Gasteiger partial charge is 0.491 e. The van der Waals surface area contributed by atoms with Crippen molar-refractivity contribution in [3.05, 3.63) is 29.8 Å². The van der Waals surface area contributed by atoms with Crippen molar-refractivity contribution in [2.24, 2.45) is 0 Å². The van der Waals surface area contributed by atoms with Gasteiger partial charge in [-0.05, 0) is 31.5 Å². The first kappa shape index (κ1) is 17.3. The van der Waals surface area contributed by atoms with Crippen LogP contribution in [0.3, 0.4) is 0 Å². The van der Waals surface area contributed by atoms with Crippen LogP contribution in [-0.4, -0.2) is 53.9 Å². The molecule has 0 saturated carbocycles. The fourth-order valence-corrected chi connectivity index (χ4v) is 2.67. The van der Waals surface area contributed by atoms with Crippen LogP contribution in [0.1, 0.15) is 32.8 Å². The van der Waals surface area contributed by atoms with Crippen molar-refractivity contribution in [3.63, 3.8) is 0 Å². The predicted molar refractivity (Wildman–Crippen MR) is 89.4 cm³/mol. The Bertz CT molecular complexity index is 532. The minimum Gasteiger partial charge on any atom is -0.491 e. The maximum Gasteiger partial charge on any atom is 0.227 e. The highest BCUT2D eigenvalue weighted by molar-refractivity contribution is 5.80. The van der Waals surface area contributed by atoms with Crippen LogP contribution in [0.5, 0.6) is 5.75 Å². The molecule has 2 amide bonds. The van der Waals surface area contributed by atoms with E-state index in [2.05, 4.69) is 0 Å². The van der Waals surface area contributed by atoms with Crippen LogP contribution < -0.4 is 4.74 Å². The summed E-state index contributed by atoms with van der Waals surface area (Å²) in [6.07, 6.45) is 1.06. The summed E-state index contributed by atoms with van der Waals surface area (Å²) in [5, 5.41) is 0. The first-order valence-corrected chi connectivity index (χ1v) is 8.30. The van der Waals surface area contributed by atoms with E-state index in [1.165, 1.54) is 0 Å². The highest BCUT2D eigenvalue weighted by Gasteiger charge is 2.23. The molecule has 1 heterocycles. The first-order valence-electron chi connectivity index (χ1n) is 8.30. The van der Waals surface area contributed by atoms with E-state index in [-0.39, 0.29) is 17.9 Å². The molecule has 1 aromatic carbocycles. The molecule has 126 valence electrons. The fraction of sp³-hybridized carbons (Fsp3) is 0.556. The zero-order valence-corrected chi connectivity index (χ0v) is 14.2. The summed E-state index contributed by atoms with van der Waals surface area (Å²) in [6.45, 7) is 8.37. The second-order valence-electron chi connectivity index (χ2n) is 6.10. The maximum absolute atomic E-state index is 12.4. The lowest BCUT2D eigenvalue weighted by molar-refractivity contribution is -0.139. The van der Waals surface area contributed by atoms with Crippen LogP contribution in [-0.2, 0) is 16.0 Å². The summed E-state index contributed by atoms with van der Waals surface area (Å²) in [5.41, 5.74) is 0.984. The summed E-state index contributed by atoms with van der Waals surface area (Å²) in [4.78, 5) is 27.7. The molecule has 23 heavy (non-hydrogen) atoms. The molecule has 0 unspecified atom stereocenters. The van der Waals surface area contributed by atoms with Gasteiger partial charge in [0.25, 0.3) is 0 Å². The quantitative estimate of drug-likeness (QED) is 0.835. The van der Waals surface area contributed by atoms with Gasteiger partial charge in [0.2, 0.25) is 11.8 Å². The molecular formula is C18H26N2O3. The Morgan fingerprint density at radius 1 is 1.00 bits per heavy atom. The van der Waals surface area contributed by atoms with Gasteiger partial charge in [-0.15, -0.1) is 0 Å². The number of hydrogen-bond donors (Lipinski definition) is 0. The number of piperazine rings is 1. The van der Waals surface area contributed by atoms with E-state index in [1.54, 1.807) is 0 Å². The first-order chi connectivity index (χ1) is 11.0. The van der Waals surface area contributed by atoms with E-state index in [0.29, 0.717) is 39.0 Å². The second-order valence-corrected chi connectivity index (χ2v) is 6.10. The van der Waals surface area contributed by atoms with Gasteiger partial charge in [0.05, 0.1) is 12.5 Å². The Morgan fingerprint density at radius 2 is 1.52 bits per heavy atom. The molecule has 5 nitrogen and oxygen atoms in total. The molecule has 0 atom stereocenters. The Kier molecular flexibility index (Phi) is 6.02. The third kappa shape index (κ3) is 4.98. The number of hydrogen-bond acceptors (Lipinski definition) is 3. The minimum atomic E-state index is 0.117. The van der Waals surface area contributed by atoms with Gasteiger partial charge in [0, 0.05) is 32.6 Å². The zero-order chi connectivity index (χ0) is 16.8. The van der Waals surface area contributed by atoms with Gasteiger partial charge in [-0.2, -0.15) is 0 Å². The number of ether oxygens (including phenoxy) is 1. The highest BCUT2D eigenvalue weighted by atomic mass is 16.5. The summed E-state index contributed by atoms with van der Waals surface area (Å²) in [7, 11) is 0. The number of carbonyl (C=O) groups is 2. The molecule has 0 radical (unpaired) electrons. The molecule has 1 aliphatic rings. The number of nitrogens with zero attached hydrogens (tertiary/aromatic N) is 2. The smallest absolute Gasteiger partial charge is 0.227 e. The summed E-state index contributed by atoms with van der Waals surface area (Å²) >= 11 is 0. The number of amides is 2. The Balaban J connectivity index is 1.84. The topological polar surface area (TPSA) is 49.9 Å². The Morgan fingerprint density at radius 3 is 2.00 bits per heavy atom. The SMILES string of the molecule is CCC(=O)N1CCN(C(=O)Cc2ccc(OC(C)C)cc2)CC1. The lowest BCUT2D eigenvalue weighted by atomic mass is 10.1.